The van der Waals surface area contributed by atoms with Gasteiger partial charge < -0.3 is 0 Å². The maximum atomic E-state index is 12.3. The van der Waals surface area contributed by atoms with Crippen LogP contribution in [0.15, 0.2) is 46.7 Å². The van der Waals surface area contributed by atoms with E-state index in [0.29, 0.717) is 6.54 Å². The molecule has 1 aromatic heterocycles. The molecule has 10 heteroatoms. The molecule has 2 aromatic rings. The average molecular weight is 344 g/mol. The Balaban J connectivity index is 2.20. The molecule has 1 heterocycles. The van der Waals surface area contributed by atoms with Crippen LogP contribution in [0.4, 0.5) is 0 Å². The van der Waals surface area contributed by atoms with Crippen molar-refractivity contribution in [3.8, 4) is 0 Å². The zero-order valence-electron chi connectivity index (χ0n) is 12.0. The van der Waals surface area contributed by atoms with Gasteiger partial charge in [-0.2, -0.15) is 5.10 Å². The van der Waals surface area contributed by atoms with Crippen molar-refractivity contribution in [3.63, 3.8) is 0 Å². The lowest BCUT2D eigenvalue weighted by Gasteiger charge is -2.14. The van der Waals surface area contributed by atoms with Gasteiger partial charge in [0.1, 0.15) is 12.7 Å². The second kappa shape index (κ2) is 6.15. The van der Waals surface area contributed by atoms with Gasteiger partial charge in [0.25, 0.3) is 0 Å². The molecule has 0 fully saturated rings. The van der Waals surface area contributed by atoms with E-state index in [1.165, 1.54) is 35.5 Å². The van der Waals surface area contributed by atoms with E-state index in [1.807, 2.05) is 0 Å². The van der Waals surface area contributed by atoms with E-state index < -0.39 is 25.9 Å². The first-order valence-electron chi connectivity index (χ1n) is 6.33. The summed E-state index contributed by atoms with van der Waals surface area (Å²) in [5, 5.41) is 3.90. The molecule has 0 radical (unpaired) electrons. The van der Waals surface area contributed by atoms with Crippen molar-refractivity contribution in [2.24, 2.45) is 0 Å². The Labute approximate surface area is 129 Å². The summed E-state index contributed by atoms with van der Waals surface area (Å²) >= 11 is 0. The molecule has 0 amide bonds. The number of sulfonamides is 1. The summed E-state index contributed by atoms with van der Waals surface area (Å²) in [6.07, 6.45) is 3.87. The van der Waals surface area contributed by atoms with E-state index in [0.717, 1.165) is 12.3 Å². The van der Waals surface area contributed by atoms with Crippen LogP contribution in [0.2, 0.25) is 0 Å². The highest BCUT2D eigenvalue weighted by Gasteiger charge is 2.19. The lowest BCUT2D eigenvalue weighted by atomic mass is 10.4. The summed E-state index contributed by atoms with van der Waals surface area (Å²) in [4.78, 5) is 3.64. The minimum atomic E-state index is -3.82. The molecule has 1 aromatic carbocycles. The van der Waals surface area contributed by atoms with Gasteiger partial charge in [0.15, 0.2) is 9.84 Å². The molecule has 0 aliphatic rings. The predicted molar refractivity (Wildman–Crippen MR) is 79.4 cm³/mol. The molecular weight excluding hydrogens is 328 g/mol. The molecule has 1 N–H and O–H groups in total. The fourth-order valence-corrected chi connectivity index (χ4v) is 3.87. The van der Waals surface area contributed by atoms with Crippen molar-refractivity contribution in [1.29, 1.82) is 0 Å². The molecule has 120 valence electrons. The normalized spacial score (nSPS) is 13.9. The quantitative estimate of drug-likeness (QED) is 0.792. The zero-order valence-corrected chi connectivity index (χ0v) is 13.7. The first kappa shape index (κ1) is 16.6. The van der Waals surface area contributed by atoms with Gasteiger partial charge in [-0.15, -0.1) is 0 Å². The van der Waals surface area contributed by atoms with Crippen LogP contribution in [-0.4, -0.2) is 43.9 Å². The van der Waals surface area contributed by atoms with Crippen molar-refractivity contribution in [1.82, 2.24) is 19.5 Å². The number of nitrogens with one attached hydrogen (secondary N) is 1. The second-order valence-electron chi connectivity index (χ2n) is 4.89. The second-order valence-corrected chi connectivity index (χ2v) is 8.62. The molecular formula is C12H16N4O4S2. The van der Waals surface area contributed by atoms with E-state index in [1.54, 1.807) is 6.92 Å². The molecule has 0 aliphatic carbocycles. The average Bonchev–Trinajstić information content (AvgIpc) is 2.90. The van der Waals surface area contributed by atoms with Gasteiger partial charge in [0, 0.05) is 12.3 Å². The molecule has 8 nitrogen and oxygen atoms in total. The molecule has 0 saturated carbocycles. The summed E-state index contributed by atoms with van der Waals surface area (Å²) in [5.74, 6) is 0. The van der Waals surface area contributed by atoms with Gasteiger partial charge in [0.2, 0.25) is 10.0 Å². The zero-order chi connectivity index (χ0) is 16.4. The third-order valence-electron chi connectivity index (χ3n) is 2.83. The number of benzene rings is 1. The highest BCUT2D eigenvalue weighted by molar-refractivity contribution is 7.91. The maximum absolute atomic E-state index is 12.3. The standard InChI is InChI=1S/C12H16N4O4S2/c1-10(7-16-9-13-8-14-16)15-22(19,20)12-5-3-4-11(6-12)21(2,17)18/h3-6,8-10,15H,7H2,1-2H3/t10-/m1/s1. The summed E-state index contributed by atoms with van der Waals surface area (Å²) in [6.45, 7) is 1.99. The molecule has 2 rings (SSSR count). The predicted octanol–water partition coefficient (Wildman–Crippen LogP) is 0.0486. The molecule has 0 saturated heterocycles. The molecule has 0 unspecified atom stereocenters. The fraction of sp³-hybridized carbons (Fsp3) is 0.333. The van der Waals surface area contributed by atoms with Gasteiger partial charge in [-0.25, -0.2) is 26.5 Å². The van der Waals surface area contributed by atoms with Gasteiger partial charge in [0.05, 0.1) is 16.3 Å². The van der Waals surface area contributed by atoms with Crippen molar-refractivity contribution in [3.05, 3.63) is 36.9 Å². The molecule has 22 heavy (non-hydrogen) atoms. The van der Waals surface area contributed by atoms with Gasteiger partial charge in [-0.05, 0) is 25.1 Å². The molecule has 0 aliphatic heterocycles. The van der Waals surface area contributed by atoms with E-state index in [2.05, 4.69) is 14.8 Å². The van der Waals surface area contributed by atoms with Crippen LogP contribution in [-0.2, 0) is 26.4 Å². The Morgan fingerprint density at radius 3 is 2.50 bits per heavy atom. The molecule has 0 bridgehead atoms. The van der Waals surface area contributed by atoms with E-state index in [-0.39, 0.29) is 9.79 Å². The number of aromatic nitrogens is 3. The Kier molecular flexibility index (Phi) is 4.63. The minimum Gasteiger partial charge on any atom is -0.251 e. The number of sulfone groups is 1. The Morgan fingerprint density at radius 1 is 1.23 bits per heavy atom. The summed E-state index contributed by atoms with van der Waals surface area (Å²) < 4.78 is 51.6. The first-order chi connectivity index (χ1) is 10.2. The van der Waals surface area contributed by atoms with Crippen LogP contribution in [0.25, 0.3) is 0 Å². The topological polar surface area (TPSA) is 111 Å². The van der Waals surface area contributed by atoms with Crippen LogP contribution in [0.5, 0.6) is 0 Å². The monoisotopic (exact) mass is 344 g/mol. The SMILES string of the molecule is C[C@H](Cn1cncn1)NS(=O)(=O)c1cccc(S(C)(=O)=O)c1. The summed E-state index contributed by atoms with van der Waals surface area (Å²) in [5.41, 5.74) is 0. The van der Waals surface area contributed by atoms with Crippen molar-refractivity contribution in [2.45, 2.75) is 29.3 Å². The summed E-state index contributed by atoms with van der Waals surface area (Å²) in [7, 11) is -7.29. The van der Waals surface area contributed by atoms with Gasteiger partial charge in [-0.1, -0.05) is 6.07 Å². The highest BCUT2D eigenvalue weighted by Crippen LogP contribution is 2.16. The Morgan fingerprint density at radius 2 is 1.91 bits per heavy atom. The molecule has 0 spiro atoms. The van der Waals surface area contributed by atoms with E-state index in [9.17, 15) is 16.8 Å². The third-order valence-corrected chi connectivity index (χ3v) is 5.53. The van der Waals surface area contributed by atoms with Crippen molar-refractivity contribution < 1.29 is 16.8 Å². The minimum absolute atomic E-state index is 0.0423. The van der Waals surface area contributed by atoms with Crippen molar-refractivity contribution in [2.75, 3.05) is 6.26 Å². The van der Waals surface area contributed by atoms with E-state index in [4.69, 9.17) is 0 Å². The van der Waals surface area contributed by atoms with Gasteiger partial charge >= 0.3 is 0 Å². The van der Waals surface area contributed by atoms with Crippen molar-refractivity contribution >= 4 is 19.9 Å². The van der Waals surface area contributed by atoms with Gasteiger partial charge in [-0.3, -0.25) is 4.68 Å². The fourth-order valence-electron chi connectivity index (χ4n) is 1.85. The number of rotatable bonds is 6. The van der Waals surface area contributed by atoms with Crippen LogP contribution in [0.3, 0.4) is 0 Å². The van der Waals surface area contributed by atoms with Crippen LogP contribution < -0.4 is 4.72 Å². The van der Waals surface area contributed by atoms with Crippen LogP contribution in [0.1, 0.15) is 6.92 Å². The van der Waals surface area contributed by atoms with Crippen LogP contribution in [0, 0.1) is 0 Å². The van der Waals surface area contributed by atoms with E-state index >= 15 is 0 Å². The smallest absolute Gasteiger partial charge is 0.240 e. The molecule has 1 atom stereocenters. The largest absolute Gasteiger partial charge is 0.251 e. The number of nitrogens with zero attached hydrogens (tertiary/aromatic N) is 3. The lowest BCUT2D eigenvalue weighted by molar-refractivity contribution is 0.493. The Bertz CT molecular complexity index is 845. The third kappa shape index (κ3) is 4.12. The first-order valence-corrected chi connectivity index (χ1v) is 9.71. The number of hydrogen-bond acceptors (Lipinski definition) is 6. The number of hydrogen-bond donors (Lipinski definition) is 1. The Hall–Kier alpha value is -1.78. The summed E-state index contributed by atoms with van der Waals surface area (Å²) in [6, 6.07) is 4.80. The lowest BCUT2D eigenvalue weighted by Crippen LogP contribution is -2.35. The van der Waals surface area contributed by atoms with Crippen LogP contribution >= 0.6 is 0 Å². The highest BCUT2D eigenvalue weighted by atomic mass is 32.2. The maximum Gasteiger partial charge on any atom is 0.240 e.